The summed E-state index contributed by atoms with van der Waals surface area (Å²) in [6.07, 6.45) is 6.52. The van der Waals surface area contributed by atoms with Gasteiger partial charge in [-0.25, -0.2) is 8.42 Å². The van der Waals surface area contributed by atoms with E-state index in [2.05, 4.69) is 5.32 Å². The largest absolute Gasteiger partial charge is 0.468 e. The van der Waals surface area contributed by atoms with Crippen LogP contribution in [0.2, 0.25) is 0 Å². The fraction of sp³-hybridized carbons (Fsp3) is 0.471. The van der Waals surface area contributed by atoms with Crippen molar-refractivity contribution in [2.75, 3.05) is 6.54 Å². The average Bonchev–Trinajstić information content (AvgIpc) is 3.29. The van der Waals surface area contributed by atoms with E-state index in [1.807, 2.05) is 0 Å². The van der Waals surface area contributed by atoms with Crippen LogP contribution in [0.25, 0.3) is 0 Å². The molecule has 0 spiro atoms. The van der Waals surface area contributed by atoms with Gasteiger partial charge in [0.25, 0.3) is 0 Å². The van der Waals surface area contributed by atoms with Gasteiger partial charge in [0.05, 0.1) is 6.26 Å². The Labute approximate surface area is 146 Å². The summed E-state index contributed by atoms with van der Waals surface area (Å²) in [5, 5.41) is 3.66. The van der Waals surface area contributed by atoms with E-state index >= 15 is 0 Å². The smallest absolute Gasteiger partial charge is 0.223 e. The second kappa shape index (κ2) is 7.53. The molecule has 130 valence electrons. The zero-order valence-electron chi connectivity index (χ0n) is 13.3. The third kappa shape index (κ3) is 3.72. The number of furan rings is 1. The molecule has 1 N–H and O–H groups in total. The Morgan fingerprint density at radius 1 is 1.25 bits per heavy atom. The highest BCUT2D eigenvalue weighted by atomic mass is 32.2. The molecule has 1 aliphatic rings. The molecule has 1 saturated carbocycles. The van der Waals surface area contributed by atoms with Crippen LogP contribution < -0.4 is 5.32 Å². The molecule has 2 heterocycles. The Bertz CT molecular complexity index is 745. The Kier molecular flexibility index (Phi) is 5.40. The maximum atomic E-state index is 12.9. The summed E-state index contributed by atoms with van der Waals surface area (Å²) in [5.74, 6) is 0.306. The standard InChI is InChI=1S/C17H21NO4S2/c19-17(13-6-2-1-3-7-13)18-12-15(14-8-4-10-22-14)24(20,21)16-9-5-11-23-16/h4-5,8-11,13,15H,1-3,6-7,12H2,(H,18,19)/t15-/m0/s1. The van der Waals surface area contributed by atoms with E-state index in [-0.39, 0.29) is 22.6 Å². The van der Waals surface area contributed by atoms with E-state index in [9.17, 15) is 13.2 Å². The van der Waals surface area contributed by atoms with Crippen LogP contribution in [0.5, 0.6) is 0 Å². The van der Waals surface area contributed by atoms with Crippen molar-refractivity contribution in [3.8, 4) is 0 Å². The first kappa shape index (κ1) is 17.2. The maximum absolute atomic E-state index is 12.9. The van der Waals surface area contributed by atoms with Crippen LogP contribution in [0.1, 0.15) is 43.1 Å². The number of sulfone groups is 1. The zero-order valence-corrected chi connectivity index (χ0v) is 14.9. The third-order valence-electron chi connectivity index (χ3n) is 4.45. The van der Waals surface area contributed by atoms with Crippen LogP contribution in [0.3, 0.4) is 0 Å². The quantitative estimate of drug-likeness (QED) is 0.847. The Morgan fingerprint density at radius 3 is 2.67 bits per heavy atom. The van der Waals surface area contributed by atoms with E-state index in [1.54, 1.807) is 29.6 Å². The van der Waals surface area contributed by atoms with Gasteiger partial charge in [-0.2, -0.15) is 0 Å². The number of rotatable bonds is 6. The molecule has 3 rings (SSSR count). The van der Waals surface area contributed by atoms with Crippen molar-refractivity contribution in [2.24, 2.45) is 5.92 Å². The van der Waals surface area contributed by atoms with Gasteiger partial charge in [0.2, 0.25) is 5.91 Å². The van der Waals surface area contributed by atoms with Crippen LogP contribution >= 0.6 is 11.3 Å². The molecule has 1 aliphatic carbocycles. The molecule has 0 radical (unpaired) electrons. The maximum Gasteiger partial charge on any atom is 0.223 e. The highest BCUT2D eigenvalue weighted by Crippen LogP contribution is 2.31. The van der Waals surface area contributed by atoms with Gasteiger partial charge >= 0.3 is 0 Å². The predicted molar refractivity (Wildman–Crippen MR) is 92.5 cm³/mol. The highest BCUT2D eigenvalue weighted by molar-refractivity contribution is 7.93. The van der Waals surface area contributed by atoms with Crippen molar-refractivity contribution in [1.29, 1.82) is 0 Å². The van der Waals surface area contributed by atoms with Gasteiger partial charge in [0.1, 0.15) is 15.2 Å². The van der Waals surface area contributed by atoms with Crippen molar-refractivity contribution in [3.63, 3.8) is 0 Å². The number of carbonyl (C=O) groups excluding carboxylic acids is 1. The van der Waals surface area contributed by atoms with Crippen LogP contribution in [0, 0.1) is 5.92 Å². The molecule has 1 amide bonds. The molecule has 24 heavy (non-hydrogen) atoms. The van der Waals surface area contributed by atoms with Gasteiger partial charge in [-0.3, -0.25) is 4.79 Å². The van der Waals surface area contributed by atoms with Crippen molar-refractivity contribution >= 4 is 27.1 Å². The molecule has 0 aliphatic heterocycles. The van der Waals surface area contributed by atoms with Crippen LogP contribution in [0.4, 0.5) is 0 Å². The summed E-state index contributed by atoms with van der Waals surface area (Å²) in [6.45, 7) is 0.0308. The van der Waals surface area contributed by atoms with Crippen LogP contribution in [-0.4, -0.2) is 20.9 Å². The van der Waals surface area contributed by atoms with Crippen LogP contribution in [-0.2, 0) is 14.6 Å². The van der Waals surface area contributed by atoms with E-state index in [1.165, 1.54) is 24.0 Å². The van der Waals surface area contributed by atoms with Gasteiger partial charge in [0, 0.05) is 12.5 Å². The lowest BCUT2D eigenvalue weighted by Gasteiger charge is -2.22. The van der Waals surface area contributed by atoms with Crippen molar-refractivity contribution < 1.29 is 17.6 Å². The lowest BCUT2D eigenvalue weighted by atomic mass is 9.89. The average molecular weight is 367 g/mol. The van der Waals surface area contributed by atoms with E-state index < -0.39 is 15.1 Å². The van der Waals surface area contributed by atoms with E-state index in [0.29, 0.717) is 5.76 Å². The molecule has 1 atom stereocenters. The fourth-order valence-electron chi connectivity index (χ4n) is 3.11. The monoisotopic (exact) mass is 367 g/mol. The first-order valence-electron chi connectivity index (χ1n) is 8.17. The molecule has 0 bridgehead atoms. The number of hydrogen-bond donors (Lipinski definition) is 1. The molecule has 7 heteroatoms. The van der Waals surface area contributed by atoms with Crippen molar-refractivity contribution in [1.82, 2.24) is 5.32 Å². The summed E-state index contributed by atoms with van der Waals surface area (Å²) in [7, 11) is -3.60. The molecule has 0 saturated heterocycles. The molecule has 5 nitrogen and oxygen atoms in total. The fourth-order valence-corrected chi connectivity index (χ4v) is 5.90. The molecule has 0 aromatic carbocycles. The SMILES string of the molecule is O=C(NC[C@@H](c1ccco1)S(=O)(=O)c1cccs1)C1CCCCC1. The number of hydrogen-bond acceptors (Lipinski definition) is 5. The topological polar surface area (TPSA) is 76.4 Å². The molecule has 2 aromatic heterocycles. The van der Waals surface area contributed by atoms with Gasteiger partial charge in [-0.05, 0) is 36.4 Å². The van der Waals surface area contributed by atoms with Crippen LogP contribution in [0.15, 0.2) is 44.5 Å². The van der Waals surface area contributed by atoms with Gasteiger partial charge in [0.15, 0.2) is 9.84 Å². The molecule has 2 aromatic rings. The Balaban J connectivity index is 1.75. The second-order valence-corrected chi connectivity index (χ2v) is 9.37. The first-order chi connectivity index (χ1) is 11.6. The van der Waals surface area contributed by atoms with E-state index in [4.69, 9.17) is 4.42 Å². The predicted octanol–water partition coefficient (Wildman–Crippen LogP) is 3.55. The minimum atomic E-state index is -3.60. The van der Waals surface area contributed by atoms with Gasteiger partial charge < -0.3 is 9.73 Å². The summed E-state index contributed by atoms with van der Waals surface area (Å²) in [5.41, 5.74) is 0. The zero-order chi connectivity index (χ0) is 17.0. The highest BCUT2D eigenvalue weighted by Gasteiger charge is 2.33. The number of nitrogens with one attached hydrogen (secondary N) is 1. The molecular weight excluding hydrogens is 346 g/mol. The lowest BCUT2D eigenvalue weighted by molar-refractivity contribution is -0.125. The lowest BCUT2D eigenvalue weighted by Crippen LogP contribution is -2.36. The summed E-state index contributed by atoms with van der Waals surface area (Å²) < 4.78 is 31.4. The molecule has 1 fully saturated rings. The summed E-state index contributed by atoms with van der Waals surface area (Å²) in [4.78, 5) is 12.4. The second-order valence-electron chi connectivity index (χ2n) is 6.06. The number of amides is 1. The summed E-state index contributed by atoms with van der Waals surface area (Å²) in [6, 6.07) is 6.59. The number of thiophene rings is 1. The van der Waals surface area contributed by atoms with Crippen molar-refractivity contribution in [3.05, 3.63) is 41.7 Å². The van der Waals surface area contributed by atoms with Gasteiger partial charge in [-0.15, -0.1) is 11.3 Å². The van der Waals surface area contributed by atoms with Crippen molar-refractivity contribution in [2.45, 2.75) is 41.6 Å². The Morgan fingerprint density at radius 2 is 2.04 bits per heavy atom. The summed E-state index contributed by atoms with van der Waals surface area (Å²) >= 11 is 1.18. The van der Waals surface area contributed by atoms with Gasteiger partial charge in [-0.1, -0.05) is 25.3 Å². The molecular formula is C17H21NO4S2. The Hall–Kier alpha value is -1.60. The van der Waals surface area contributed by atoms with E-state index in [0.717, 1.165) is 25.7 Å². The first-order valence-corrected chi connectivity index (χ1v) is 10.6. The number of carbonyl (C=O) groups is 1. The third-order valence-corrected chi connectivity index (χ3v) is 7.94. The minimum absolute atomic E-state index is 0.000410. The molecule has 0 unspecified atom stereocenters. The minimum Gasteiger partial charge on any atom is -0.468 e. The normalized spacial score (nSPS) is 17.5.